The number of aliphatic hydroxyl groups is 1. The molecular formula is C24H19ClN2O6. The van der Waals surface area contributed by atoms with E-state index in [-0.39, 0.29) is 34.7 Å². The normalized spacial score (nSPS) is 11.2. The lowest BCUT2D eigenvalue weighted by molar-refractivity contribution is 0.104. The Hall–Kier alpha value is -4.01. The molecule has 0 aliphatic heterocycles. The number of carbonyl (C=O) groups is 1. The Labute approximate surface area is 192 Å². The topological polar surface area (TPSA) is 118 Å². The van der Waals surface area contributed by atoms with Crippen LogP contribution in [-0.2, 0) is 6.61 Å². The predicted octanol–water partition coefficient (Wildman–Crippen LogP) is 4.18. The maximum Gasteiger partial charge on any atom is 0.330 e. The van der Waals surface area contributed by atoms with Crippen molar-refractivity contribution >= 4 is 23.5 Å². The van der Waals surface area contributed by atoms with Crippen LogP contribution in [0.1, 0.15) is 21.5 Å². The Bertz CT molecular complexity index is 1390. The van der Waals surface area contributed by atoms with Crippen LogP contribution < -0.4 is 10.4 Å². The summed E-state index contributed by atoms with van der Waals surface area (Å²) >= 11 is 5.80. The molecule has 0 aliphatic rings. The van der Waals surface area contributed by atoms with Gasteiger partial charge in [0.15, 0.2) is 28.3 Å². The molecule has 0 radical (unpaired) electrons. The van der Waals surface area contributed by atoms with Crippen molar-refractivity contribution in [2.45, 2.75) is 6.61 Å². The molecule has 2 aromatic heterocycles. The average molecular weight is 467 g/mol. The molecule has 0 unspecified atom stereocenters. The molecule has 9 heteroatoms. The Morgan fingerprint density at radius 3 is 2.76 bits per heavy atom. The number of furan rings is 1. The molecule has 168 valence electrons. The summed E-state index contributed by atoms with van der Waals surface area (Å²) < 4.78 is 11.8. The van der Waals surface area contributed by atoms with Crippen molar-refractivity contribution in [1.29, 1.82) is 0 Å². The number of phenols is 1. The fourth-order valence-electron chi connectivity index (χ4n) is 3.31. The van der Waals surface area contributed by atoms with Crippen LogP contribution in [0.3, 0.4) is 0 Å². The lowest BCUT2D eigenvalue weighted by Crippen LogP contribution is -2.14. The molecule has 0 fully saturated rings. The molecular weight excluding hydrogens is 448 g/mol. The molecule has 3 N–H and O–H groups in total. The van der Waals surface area contributed by atoms with Crippen LogP contribution in [0, 0.1) is 0 Å². The van der Waals surface area contributed by atoms with Crippen molar-refractivity contribution in [1.82, 2.24) is 9.55 Å². The number of aliphatic hydroxyl groups excluding tert-OH is 1. The molecule has 2 aromatic carbocycles. The first-order valence-corrected chi connectivity index (χ1v) is 10.2. The maximum atomic E-state index is 12.8. The molecule has 0 atom stereocenters. The Kier molecular flexibility index (Phi) is 6.21. The number of hydrogen-bond acceptors (Lipinski definition) is 6. The number of ketones is 1. The van der Waals surface area contributed by atoms with Gasteiger partial charge >= 0.3 is 5.69 Å². The van der Waals surface area contributed by atoms with Crippen LogP contribution in [0.15, 0.2) is 70.0 Å². The van der Waals surface area contributed by atoms with Gasteiger partial charge in [0.1, 0.15) is 5.69 Å². The standard InChI is InChI=1S/C24H19ClN2O6/c1-32-21-10-14(9-16(13-28)23(21)30)5-6-19(29)15-3-2-4-17(11-15)27-12-18(26-24(27)31)20-7-8-22(25)33-20/h2-12,28,30H,13H2,1H3,(H,26,31)/b6-5+. The highest BCUT2D eigenvalue weighted by atomic mass is 35.5. The van der Waals surface area contributed by atoms with Crippen LogP contribution in [-0.4, -0.2) is 32.7 Å². The summed E-state index contributed by atoms with van der Waals surface area (Å²) in [6.07, 6.45) is 4.48. The van der Waals surface area contributed by atoms with Crippen LogP contribution in [0.25, 0.3) is 23.2 Å². The fraction of sp³-hybridized carbons (Fsp3) is 0.0833. The molecule has 4 aromatic rings. The quantitative estimate of drug-likeness (QED) is 0.278. The van der Waals surface area contributed by atoms with Gasteiger partial charge in [-0.05, 0) is 59.6 Å². The highest BCUT2D eigenvalue weighted by Gasteiger charge is 2.12. The number of aromatic nitrogens is 2. The molecule has 0 spiro atoms. The zero-order chi connectivity index (χ0) is 23.5. The number of aromatic amines is 1. The van der Waals surface area contributed by atoms with E-state index in [0.29, 0.717) is 28.3 Å². The van der Waals surface area contributed by atoms with Gasteiger partial charge in [-0.15, -0.1) is 0 Å². The van der Waals surface area contributed by atoms with Crippen molar-refractivity contribution in [2.75, 3.05) is 7.11 Å². The minimum absolute atomic E-state index is 0.149. The first kappa shape index (κ1) is 22.2. The molecule has 2 heterocycles. The van der Waals surface area contributed by atoms with E-state index >= 15 is 0 Å². The predicted molar refractivity (Wildman–Crippen MR) is 123 cm³/mol. The summed E-state index contributed by atoms with van der Waals surface area (Å²) in [4.78, 5) is 27.9. The number of allylic oxidation sites excluding steroid dienone is 1. The second-order valence-corrected chi connectivity index (χ2v) is 7.46. The lowest BCUT2D eigenvalue weighted by Gasteiger charge is -2.08. The molecule has 33 heavy (non-hydrogen) atoms. The minimum Gasteiger partial charge on any atom is -0.504 e. The third-order valence-electron chi connectivity index (χ3n) is 4.96. The second-order valence-electron chi connectivity index (χ2n) is 7.08. The van der Waals surface area contributed by atoms with Gasteiger partial charge in [0.2, 0.25) is 0 Å². The SMILES string of the molecule is COc1cc(/C=C/C(=O)c2cccc(-n3cc(-c4ccc(Cl)o4)[nH]c3=O)c2)cc(CO)c1O. The molecule has 0 saturated heterocycles. The van der Waals surface area contributed by atoms with E-state index in [0.717, 1.165) is 0 Å². The number of H-pyrrole nitrogens is 1. The number of nitrogens with zero attached hydrogens (tertiary/aromatic N) is 1. The monoisotopic (exact) mass is 466 g/mol. The molecule has 0 amide bonds. The highest BCUT2D eigenvalue weighted by molar-refractivity contribution is 6.29. The summed E-state index contributed by atoms with van der Waals surface area (Å²) in [6, 6.07) is 12.9. The highest BCUT2D eigenvalue weighted by Crippen LogP contribution is 2.32. The molecule has 0 saturated carbocycles. The van der Waals surface area contributed by atoms with Gasteiger partial charge in [0, 0.05) is 17.3 Å². The van der Waals surface area contributed by atoms with E-state index in [2.05, 4.69) is 4.98 Å². The van der Waals surface area contributed by atoms with E-state index in [1.807, 2.05) is 0 Å². The third kappa shape index (κ3) is 4.62. The summed E-state index contributed by atoms with van der Waals surface area (Å²) in [7, 11) is 1.40. The first-order valence-electron chi connectivity index (χ1n) is 9.80. The van der Waals surface area contributed by atoms with E-state index in [1.165, 1.54) is 17.8 Å². The molecule has 8 nitrogen and oxygen atoms in total. The van der Waals surface area contributed by atoms with Gasteiger partial charge in [-0.3, -0.25) is 9.36 Å². The number of aromatic hydroxyl groups is 1. The number of imidazole rings is 1. The van der Waals surface area contributed by atoms with Gasteiger partial charge in [0.05, 0.1) is 19.4 Å². The van der Waals surface area contributed by atoms with Gasteiger partial charge in [-0.1, -0.05) is 18.2 Å². The second kappa shape index (κ2) is 9.23. The number of nitrogens with one attached hydrogen (secondary N) is 1. The van der Waals surface area contributed by atoms with Crippen molar-refractivity contribution in [3.63, 3.8) is 0 Å². The zero-order valence-electron chi connectivity index (χ0n) is 17.4. The number of ether oxygens (including phenoxy) is 1. The van der Waals surface area contributed by atoms with Crippen LogP contribution in [0.5, 0.6) is 11.5 Å². The first-order chi connectivity index (χ1) is 15.9. The average Bonchev–Trinajstić information content (AvgIpc) is 3.43. The number of hydrogen-bond donors (Lipinski definition) is 3. The number of carbonyl (C=O) groups excluding carboxylic acids is 1. The molecule has 0 aliphatic carbocycles. The molecule has 4 rings (SSSR count). The number of halogens is 1. The summed E-state index contributed by atoms with van der Waals surface area (Å²) in [5.74, 6) is 0.161. The Morgan fingerprint density at radius 2 is 2.06 bits per heavy atom. The fourth-order valence-corrected chi connectivity index (χ4v) is 3.46. The maximum absolute atomic E-state index is 12.8. The summed E-state index contributed by atoms with van der Waals surface area (Å²) in [6.45, 7) is -0.377. The molecule has 0 bridgehead atoms. The Balaban J connectivity index is 1.61. The van der Waals surface area contributed by atoms with E-state index < -0.39 is 5.69 Å². The number of benzene rings is 2. The van der Waals surface area contributed by atoms with Crippen LogP contribution in [0.4, 0.5) is 0 Å². The van der Waals surface area contributed by atoms with Crippen molar-refractivity contribution < 1.29 is 24.2 Å². The minimum atomic E-state index is -0.398. The van der Waals surface area contributed by atoms with Gasteiger partial charge in [0.25, 0.3) is 0 Å². The van der Waals surface area contributed by atoms with E-state index in [9.17, 15) is 19.8 Å². The van der Waals surface area contributed by atoms with E-state index in [1.54, 1.807) is 60.8 Å². The third-order valence-corrected chi connectivity index (χ3v) is 5.16. The van der Waals surface area contributed by atoms with Crippen LogP contribution >= 0.6 is 11.6 Å². The summed E-state index contributed by atoms with van der Waals surface area (Å²) in [5, 5.41) is 19.6. The van der Waals surface area contributed by atoms with Crippen molar-refractivity contribution in [2.24, 2.45) is 0 Å². The van der Waals surface area contributed by atoms with Crippen LogP contribution in [0.2, 0.25) is 5.22 Å². The van der Waals surface area contributed by atoms with Gasteiger partial charge in [-0.25, -0.2) is 4.79 Å². The Morgan fingerprint density at radius 1 is 1.24 bits per heavy atom. The number of methoxy groups -OCH3 is 1. The smallest absolute Gasteiger partial charge is 0.330 e. The van der Waals surface area contributed by atoms with Crippen molar-refractivity contribution in [3.8, 4) is 28.6 Å². The zero-order valence-corrected chi connectivity index (χ0v) is 18.2. The summed E-state index contributed by atoms with van der Waals surface area (Å²) in [5.41, 5.74) is 1.77. The number of rotatable bonds is 7. The van der Waals surface area contributed by atoms with Gasteiger partial charge < -0.3 is 24.4 Å². The van der Waals surface area contributed by atoms with Crippen molar-refractivity contribution in [3.05, 3.63) is 93.2 Å². The lowest BCUT2D eigenvalue weighted by atomic mass is 10.1. The van der Waals surface area contributed by atoms with E-state index in [4.69, 9.17) is 20.8 Å². The van der Waals surface area contributed by atoms with Gasteiger partial charge in [-0.2, -0.15) is 0 Å². The largest absolute Gasteiger partial charge is 0.504 e.